The molecule has 23 heavy (non-hydrogen) atoms. The van der Waals surface area contributed by atoms with E-state index < -0.39 is 0 Å². The van der Waals surface area contributed by atoms with Crippen LogP contribution in [0.3, 0.4) is 0 Å². The molecule has 0 saturated carbocycles. The molecule has 0 aromatic heterocycles. The predicted octanol–water partition coefficient (Wildman–Crippen LogP) is 4.83. The van der Waals surface area contributed by atoms with Crippen LogP contribution in [0.25, 0.3) is 0 Å². The number of hydrazone groups is 1. The fraction of sp³-hybridized carbons (Fsp3) is 0.278. The van der Waals surface area contributed by atoms with E-state index in [0.29, 0.717) is 23.3 Å². The highest BCUT2D eigenvalue weighted by molar-refractivity contribution is 6.30. The van der Waals surface area contributed by atoms with Crippen LogP contribution in [0.15, 0.2) is 47.6 Å². The standard InChI is InChI=1S/C18H21ClN2O2/c1-13(2)12-23-17-9-4-14(10-18(17)22-3)11-20-21-16-7-5-15(19)6-8-16/h4-11,13,21H,12H2,1-3H3. The van der Waals surface area contributed by atoms with Gasteiger partial charge in [-0.3, -0.25) is 5.43 Å². The molecule has 122 valence electrons. The van der Waals surface area contributed by atoms with Crippen molar-refractivity contribution in [2.45, 2.75) is 13.8 Å². The van der Waals surface area contributed by atoms with Crippen LogP contribution in [0, 0.1) is 5.92 Å². The number of hydrogen-bond donors (Lipinski definition) is 1. The van der Waals surface area contributed by atoms with Crippen LogP contribution in [0.2, 0.25) is 5.02 Å². The average molecular weight is 333 g/mol. The van der Waals surface area contributed by atoms with Gasteiger partial charge in [-0.2, -0.15) is 5.10 Å². The Kier molecular flexibility index (Phi) is 6.29. The summed E-state index contributed by atoms with van der Waals surface area (Å²) in [4.78, 5) is 0. The third-order valence-electron chi connectivity index (χ3n) is 3.01. The number of halogens is 1. The van der Waals surface area contributed by atoms with Gasteiger partial charge in [0.2, 0.25) is 0 Å². The van der Waals surface area contributed by atoms with Gasteiger partial charge in [-0.05, 0) is 53.9 Å². The van der Waals surface area contributed by atoms with Crippen molar-refractivity contribution in [3.63, 3.8) is 0 Å². The molecule has 0 amide bonds. The van der Waals surface area contributed by atoms with E-state index in [1.165, 1.54) is 0 Å². The van der Waals surface area contributed by atoms with Crippen LogP contribution in [-0.4, -0.2) is 19.9 Å². The summed E-state index contributed by atoms with van der Waals surface area (Å²) < 4.78 is 11.1. The van der Waals surface area contributed by atoms with Crippen LogP contribution in [-0.2, 0) is 0 Å². The number of nitrogens with one attached hydrogen (secondary N) is 1. The molecule has 2 aromatic carbocycles. The van der Waals surface area contributed by atoms with E-state index in [1.54, 1.807) is 13.3 Å². The summed E-state index contributed by atoms with van der Waals surface area (Å²) in [5.41, 5.74) is 4.74. The van der Waals surface area contributed by atoms with E-state index >= 15 is 0 Å². The smallest absolute Gasteiger partial charge is 0.161 e. The van der Waals surface area contributed by atoms with Gasteiger partial charge in [0.05, 0.1) is 25.6 Å². The summed E-state index contributed by atoms with van der Waals surface area (Å²) in [5, 5.41) is 4.90. The van der Waals surface area contributed by atoms with Gasteiger partial charge in [-0.15, -0.1) is 0 Å². The van der Waals surface area contributed by atoms with E-state index in [2.05, 4.69) is 24.4 Å². The Morgan fingerprint density at radius 2 is 1.87 bits per heavy atom. The summed E-state index contributed by atoms with van der Waals surface area (Å²) in [6.07, 6.45) is 1.73. The Morgan fingerprint density at radius 1 is 1.13 bits per heavy atom. The lowest BCUT2D eigenvalue weighted by molar-refractivity contribution is 0.257. The first-order valence-electron chi connectivity index (χ1n) is 7.44. The first kappa shape index (κ1) is 17.2. The molecule has 0 aliphatic rings. The maximum atomic E-state index is 5.84. The van der Waals surface area contributed by atoms with Crippen molar-refractivity contribution in [2.75, 3.05) is 19.1 Å². The number of hydrogen-bond acceptors (Lipinski definition) is 4. The number of nitrogens with zero attached hydrogens (tertiary/aromatic N) is 1. The van der Waals surface area contributed by atoms with Gasteiger partial charge in [0, 0.05) is 5.02 Å². The highest BCUT2D eigenvalue weighted by atomic mass is 35.5. The second-order valence-corrected chi connectivity index (χ2v) is 5.93. The van der Waals surface area contributed by atoms with Gasteiger partial charge >= 0.3 is 0 Å². The van der Waals surface area contributed by atoms with E-state index in [9.17, 15) is 0 Å². The van der Waals surface area contributed by atoms with Crippen LogP contribution >= 0.6 is 11.6 Å². The van der Waals surface area contributed by atoms with Crippen molar-refractivity contribution in [2.24, 2.45) is 11.0 Å². The Balaban J connectivity index is 2.02. The molecule has 0 heterocycles. The van der Waals surface area contributed by atoms with Crippen molar-refractivity contribution >= 4 is 23.5 Å². The summed E-state index contributed by atoms with van der Waals surface area (Å²) in [6.45, 7) is 4.87. The zero-order valence-electron chi connectivity index (χ0n) is 13.5. The van der Waals surface area contributed by atoms with E-state index in [0.717, 1.165) is 17.0 Å². The summed E-state index contributed by atoms with van der Waals surface area (Å²) in [6, 6.07) is 13.1. The fourth-order valence-electron chi connectivity index (χ4n) is 1.85. The average Bonchev–Trinajstić information content (AvgIpc) is 2.55. The lowest BCUT2D eigenvalue weighted by atomic mass is 10.2. The molecule has 0 aliphatic heterocycles. The Bertz CT molecular complexity index is 655. The van der Waals surface area contributed by atoms with Gasteiger partial charge in [-0.1, -0.05) is 25.4 Å². The summed E-state index contributed by atoms with van der Waals surface area (Å²) >= 11 is 5.84. The molecule has 0 bridgehead atoms. The Hall–Kier alpha value is -2.20. The predicted molar refractivity (Wildman–Crippen MR) is 96.0 cm³/mol. The van der Waals surface area contributed by atoms with Crippen LogP contribution in [0.5, 0.6) is 11.5 Å². The van der Waals surface area contributed by atoms with E-state index in [-0.39, 0.29) is 0 Å². The highest BCUT2D eigenvalue weighted by Gasteiger charge is 2.06. The highest BCUT2D eigenvalue weighted by Crippen LogP contribution is 2.28. The minimum Gasteiger partial charge on any atom is -0.493 e. The zero-order chi connectivity index (χ0) is 16.7. The third-order valence-corrected chi connectivity index (χ3v) is 3.26. The quantitative estimate of drug-likeness (QED) is 0.583. The first-order chi connectivity index (χ1) is 11.1. The molecule has 0 unspecified atom stereocenters. The molecule has 0 saturated heterocycles. The largest absolute Gasteiger partial charge is 0.493 e. The number of benzene rings is 2. The second kappa shape index (κ2) is 8.44. The lowest BCUT2D eigenvalue weighted by Crippen LogP contribution is -2.05. The monoisotopic (exact) mass is 332 g/mol. The molecule has 0 atom stereocenters. The molecule has 2 rings (SSSR count). The molecule has 4 nitrogen and oxygen atoms in total. The molecule has 0 fully saturated rings. The summed E-state index contributed by atoms with van der Waals surface area (Å²) in [5.74, 6) is 1.90. The Morgan fingerprint density at radius 3 is 2.52 bits per heavy atom. The van der Waals surface area contributed by atoms with Gasteiger partial charge in [0.1, 0.15) is 0 Å². The van der Waals surface area contributed by atoms with Gasteiger partial charge < -0.3 is 9.47 Å². The SMILES string of the molecule is COc1cc(C=NNc2ccc(Cl)cc2)ccc1OCC(C)C. The number of ether oxygens (including phenoxy) is 2. The fourth-order valence-corrected chi connectivity index (χ4v) is 1.97. The third kappa shape index (κ3) is 5.49. The van der Waals surface area contributed by atoms with Gasteiger partial charge in [0.25, 0.3) is 0 Å². The maximum Gasteiger partial charge on any atom is 0.161 e. The summed E-state index contributed by atoms with van der Waals surface area (Å²) in [7, 11) is 1.63. The van der Waals surface area contributed by atoms with Crippen molar-refractivity contribution in [3.05, 3.63) is 53.1 Å². The van der Waals surface area contributed by atoms with Gasteiger partial charge in [0.15, 0.2) is 11.5 Å². The number of rotatable bonds is 7. The maximum absolute atomic E-state index is 5.84. The molecule has 5 heteroatoms. The molecule has 2 aromatic rings. The van der Waals surface area contributed by atoms with Crippen LogP contribution in [0.4, 0.5) is 5.69 Å². The molecule has 1 N–H and O–H groups in total. The van der Waals surface area contributed by atoms with E-state index in [1.807, 2.05) is 42.5 Å². The first-order valence-corrected chi connectivity index (χ1v) is 7.81. The zero-order valence-corrected chi connectivity index (χ0v) is 14.3. The number of anilines is 1. The van der Waals surface area contributed by atoms with Crippen molar-refractivity contribution in [3.8, 4) is 11.5 Å². The molecule has 0 aliphatic carbocycles. The normalized spacial score (nSPS) is 11.0. The lowest BCUT2D eigenvalue weighted by Gasteiger charge is -2.12. The number of methoxy groups -OCH3 is 1. The van der Waals surface area contributed by atoms with Crippen molar-refractivity contribution in [1.29, 1.82) is 0 Å². The topological polar surface area (TPSA) is 42.8 Å². The van der Waals surface area contributed by atoms with Crippen molar-refractivity contribution < 1.29 is 9.47 Å². The van der Waals surface area contributed by atoms with Gasteiger partial charge in [-0.25, -0.2) is 0 Å². The minimum atomic E-state index is 0.463. The second-order valence-electron chi connectivity index (χ2n) is 5.49. The van der Waals surface area contributed by atoms with Crippen molar-refractivity contribution in [1.82, 2.24) is 0 Å². The van der Waals surface area contributed by atoms with E-state index in [4.69, 9.17) is 21.1 Å². The Labute approximate surface area is 142 Å². The molecule has 0 radical (unpaired) electrons. The van der Waals surface area contributed by atoms with Crippen LogP contribution < -0.4 is 14.9 Å². The molecule has 0 spiro atoms. The molecular weight excluding hydrogens is 312 g/mol. The van der Waals surface area contributed by atoms with Crippen LogP contribution in [0.1, 0.15) is 19.4 Å². The molecular formula is C18H21ClN2O2. The minimum absolute atomic E-state index is 0.463.